The fraction of sp³-hybridized carbons (Fsp3) is 0.583. The molecule has 2 heterocycles. The zero-order valence-electron chi connectivity index (χ0n) is 10.0. The molecule has 1 amide bonds. The smallest absolute Gasteiger partial charge is 0.257 e. The standard InChI is InChI=1S/C12H16ClNO3/c1-8-5-11(9(2)17-8)12(15)14-3-4-16-7-10(14)6-13/h5,10H,3-4,6-7H2,1-2H3. The van der Waals surface area contributed by atoms with Crippen LogP contribution in [0.2, 0.25) is 0 Å². The van der Waals surface area contributed by atoms with Crippen LogP contribution in [0, 0.1) is 13.8 Å². The first kappa shape index (κ1) is 12.5. The van der Waals surface area contributed by atoms with E-state index in [-0.39, 0.29) is 11.9 Å². The Morgan fingerprint density at radius 1 is 1.59 bits per heavy atom. The largest absolute Gasteiger partial charge is 0.466 e. The topological polar surface area (TPSA) is 42.7 Å². The predicted molar refractivity (Wildman–Crippen MR) is 64.5 cm³/mol. The quantitative estimate of drug-likeness (QED) is 0.761. The highest BCUT2D eigenvalue weighted by Crippen LogP contribution is 2.19. The first-order valence-corrected chi connectivity index (χ1v) is 6.18. The third kappa shape index (κ3) is 2.48. The summed E-state index contributed by atoms with van der Waals surface area (Å²) < 4.78 is 10.7. The van der Waals surface area contributed by atoms with Crippen LogP contribution < -0.4 is 0 Å². The molecule has 17 heavy (non-hydrogen) atoms. The normalized spacial score (nSPS) is 20.6. The number of carbonyl (C=O) groups is 1. The highest BCUT2D eigenvalue weighted by molar-refractivity contribution is 6.18. The van der Waals surface area contributed by atoms with Crippen LogP contribution in [0.4, 0.5) is 0 Å². The summed E-state index contributed by atoms with van der Waals surface area (Å²) in [5.74, 6) is 1.78. The fourth-order valence-electron chi connectivity index (χ4n) is 2.05. The maximum Gasteiger partial charge on any atom is 0.257 e. The van der Waals surface area contributed by atoms with Gasteiger partial charge in [-0.25, -0.2) is 0 Å². The lowest BCUT2D eigenvalue weighted by Gasteiger charge is -2.34. The Kier molecular flexibility index (Phi) is 3.74. The first-order chi connectivity index (χ1) is 8.13. The van der Waals surface area contributed by atoms with Gasteiger partial charge in [-0.05, 0) is 19.9 Å². The minimum atomic E-state index is -0.0486. The number of nitrogens with zero attached hydrogens (tertiary/aromatic N) is 1. The van der Waals surface area contributed by atoms with Crippen molar-refractivity contribution in [2.75, 3.05) is 25.6 Å². The number of hydrogen-bond donors (Lipinski definition) is 0. The number of rotatable bonds is 2. The van der Waals surface area contributed by atoms with Crippen LogP contribution in [0.3, 0.4) is 0 Å². The molecule has 1 aliphatic heterocycles. The Morgan fingerprint density at radius 2 is 2.35 bits per heavy atom. The molecule has 0 aliphatic carbocycles. The van der Waals surface area contributed by atoms with Gasteiger partial charge < -0.3 is 14.1 Å². The Hall–Kier alpha value is -1.00. The Labute approximate surface area is 105 Å². The Morgan fingerprint density at radius 3 is 2.94 bits per heavy atom. The number of amides is 1. The van der Waals surface area contributed by atoms with Crippen LogP contribution in [0.15, 0.2) is 10.5 Å². The van der Waals surface area contributed by atoms with Gasteiger partial charge >= 0.3 is 0 Å². The summed E-state index contributed by atoms with van der Waals surface area (Å²) in [6, 6.07) is 1.73. The minimum absolute atomic E-state index is 0.0201. The molecular weight excluding hydrogens is 242 g/mol. The summed E-state index contributed by atoms with van der Waals surface area (Å²) >= 11 is 5.85. The first-order valence-electron chi connectivity index (χ1n) is 5.65. The van der Waals surface area contributed by atoms with E-state index in [1.807, 2.05) is 6.92 Å². The third-order valence-electron chi connectivity index (χ3n) is 2.94. The van der Waals surface area contributed by atoms with Gasteiger partial charge in [0.25, 0.3) is 5.91 Å². The second-order valence-electron chi connectivity index (χ2n) is 4.21. The van der Waals surface area contributed by atoms with Crippen molar-refractivity contribution >= 4 is 17.5 Å². The minimum Gasteiger partial charge on any atom is -0.466 e. The molecule has 1 saturated heterocycles. The molecule has 5 heteroatoms. The van der Waals surface area contributed by atoms with Crippen molar-refractivity contribution in [3.63, 3.8) is 0 Å². The monoisotopic (exact) mass is 257 g/mol. The van der Waals surface area contributed by atoms with Crippen molar-refractivity contribution in [1.29, 1.82) is 0 Å². The maximum atomic E-state index is 12.4. The highest BCUT2D eigenvalue weighted by Gasteiger charge is 2.29. The van der Waals surface area contributed by atoms with E-state index in [0.717, 1.165) is 5.76 Å². The van der Waals surface area contributed by atoms with E-state index >= 15 is 0 Å². The molecule has 0 spiro atoms. The van der Waals surface area contributed by atoms with Gasteiger partial charge in [-0.15, -0.1) is 11.6 Å². The second kappa shape index (κ2) is 5.10. The molecule has 0 saturated carbocycles. The van der Waals surface area contributed by atoms with Gasteiger partial charge in [0.1, 0.15) is 11.5 Å². The summed E-state index contributed by atoms with van der Waals surface area (Å²) in [4.78, 5) is 14.1. The van der Waals surface area contributed by atoms with E-state index in [0.29, 0.717) is 37.0 Å². The highest BCUT2D eigenvalue weighted by atomic mass is 35.5. The molecular formula is C12H16ClNO3. The zero-order valence-corrected chi connectivity index (χ0v) is 10.8. The van der Waals surface area contributed by atoms with E-state index < -0.39 is 0 Å². The molecule has 0 radical (unpaired) electrons. The third-order valence-corrected chi connectivity index (χ3v) is 3.29. The van der Waals surface area contributed by atoms with Crippen LogP contribution in [0.1, 0.15) is 21.9 Å². The molecule has 1 aromatic heterocycles. The summed E-state index contributed by atoms with van der Waals surface area (Å²) in [6.07, 6.45) is 0. The zero-order chi connectivity index (χ0) is 12.4. The van der Waals surface area contributed by atoms with Crippen LogP contribution >= 0.6 is 11.6 Å². The number of hydrogen-bond acceptors (Lipinski definition) is 3. The van der Waals surface area contributed by atoms with Crippen molar-refractivity contribution in [1.82, 2.24) is 4.90 Å². The molecule has 0 aromatic carbocycles. The number of ether oxygens (including phenoxy) is 1. The SMILES string of the molecule is Cc1cc(C(=O)N2CCOCC2CCl)c(C)o1. The summed E-state index contributed by atoms with van der Waals surface area (Å²) in [5.41, 5.74) is 0.625. The van der Waals surface area contributed by atoms with Crippen molar-refractivity contribution in [2.45, 2.75) is 19.9 Å². The number of furan rings is 1. The summed E-state index contributed by atoms with van der Waals surface area (Å²) in [6.45, 7) is 5.29. The molecule has 0 bridgehead atoms. The van der Waals surface area contributed by atoms with E-state index in [1.54, 1.807) is 17.9 Å². The molecule has 1 aromatic rings. The molecule has 0 N–H and O–H groups in total. The number of halogens is 1. The lowest BCUT2D eigenvalue weighted by molar-refractivity contribution is 0.00447. The number of carbonyl (C=O) groups excluding carboxylic acids is 1. The van der Waals surface area contributed by atoms with Gasteiger partial charge in [0.2, 0.25) is 0 Å². The average molecular weight is 258 g/mol. The van der Waals surface area contributed by atoms with E-state index in [4.69, 9.17) is 20.8 Å². The average Bonchev–Trinajstić information content (AvgIpc) is 2.67. The van der Waals surface area contributed by atoms with E-state index in [9.17, 15) is 4.79 Å². The molecule has 1 aliphatic rings. The van der Waals surface area contributed by atoms with Crippen molar-refractivity contribution < 1.29 is 13.9 Å². The van der Waals surface area contributed by atoms with Gasteiger partial charge in [0.15, 0.2) is 0 Å². The van der Waals surface area contributed by atoms with E-state index in [2.05, 4.69) is 0 Å². The lowest BCUT2D eigenvalue weighted by Crippen LogP contribution is -2.49. The molecule has 94 valence electrons. The van der Waals surface area contributed by atoms with Crippen LogP contribution in [-0.4, -0.2) is 42.5 Å². The molecule has 1 atom stereocenters. The predicted octanol–water partition coefficient (Wildman–Crippen LogP) is 1.98. The number of alkyl halides is 1. The van der Waals surface area contributed by atoms with Crippen LogP contribution in [-0.2, 0) is 4.74 Å². The Balaban J connectivity index is 2.21. The van der Waals surface area contributed by atoms with Crippen molar-refractivity contribution in [3.8, 4) is 0 Å². The van der Waals surface area contributed by atoms with Gasteiger partial charge in [-0.1, -0.05) is 0 Å². The van der Waals surface area contributed by atoms with Gasteiger partial charge in [-0.2, -0.15) is 0 Å². The van der Waals surface area contributed by atoms with E-state index in [1.165, 1.54) is 0 Å². The second-order valence-corrected chi connectivity index (χ2v) is 4.52. The van der Waals surface area contributed by atoms with Gasteiger partial charge in [0, 0.05) is 12.4 Å². The number of morpholine rings is 1. The Bertz CT molecular complexity index is 416. The van der Waals surface area contributed by atoms with Crippen molar-refractivity contribution in [3.05, 3.63) is 23.2 Å². The lowest BCUT2D eigenvalue weighted by atomic mass is 10.1. The summed E-state index contributed by atoms with van der Waals surface area (Å²) in [5, 5.41) is 0. The van der Waals surface area contributed by atoms with Crippen molar-refractivity contribution in [2.24, 2.45) is 0 Å². The molecule has 2 rings (SSSR count). The summed E-state index contributed by atoms with van der Waals surface area (Å²) in [7, 11) is 0. The van der Waals surface area contributed by atoms with Crippen LogP contribution in [0.5, 0.6) is 0 Å². The maximum absolute atomic E-state index is 12.4. The molecule has 1 unspecified atom stereocenters. The van der Waals surface area contributed by atoms with Gasteiger partial charge in [-0.3, -0.25) is 4.79 Å². The number of aryl methyl sites for hydroxylation is 2. The molecule has 1 fully saturated rings. The van der Waals surface area contributed by atoms with Crippen LogP contribution in [0.25, 0.3) is 0 Å². The molecule has 4 nitrogen and oxygen atoms in total. The fourth-order valence-corrected chi connectivity index (χ4v) is 2.30. The van der Waals surface area contributed by atoms with Gasteiger partial charge in [0.05, 0.1) is 24.8 Å².